The van der Waals surface area contributed by atoms with E-state index in [1.54, 1.807) is 6.92 Å². The van der Waals surface area contributed by atoms with Crippen LogP contribution >= 0.6 is 11.6 Å². The van der Waals surface area contributed by atoms with Crippen LogP contribution in [-0.2, 0) is 5.88 Å². The molecule has 0 heterocycles. The van der Waals surface area contributed by atoms with E-state index in [2.05, 4.69) is 0 Å². The van der Waals surface area contributed by atoms with Crippen molar-refractivity contribution < 1.29 is 9.31 Å². The van der Waals surface area contributed by atoms with Crippen molar-refractivity contribution >= 4 is 17.3 Å². The number of nitro benzene ring substituents is 1. The number of hydrogen-bond acceptors (Lipinski definition) is 2. The highest BCUT2D eigenvalue weighted by molar-refractivity contribution is 6.17. The summed E-state index contributed by atoms with van der Waals surface area (Å²) in [5.74, 6) is -0.614. The van der Waals surface area contributed by atoms with Crippen molar-refractivity contribution in [1.82, 2.24) is 0 Å². The number of benzene rings is 1. The van der Waals surface area contributed by atoms with Gasteiger partial charge in [-0.3, -0.25) is 10.1 Å². The van der Waals surface area contributed by atoms with Gasteiger partial charge in [0.1, 0.15) is 5.82 Å². The van der Waals surface area contributed by atoms with Crippen molar-refractivity contribution in [3.05, 3.63) is 39.2 Å². The molecular formula is C8H7ClFNO2. The zero-order chi connectivity index (χ0) is 10.0. The van der Waals surface area contributed by atoms with E-state index < -0.39 is 10.7 Å². The number of hydrogen-bond donors (Lipinski definition) is 0. The average Bonchev–Trinajstić information content (AvgIpc) is 2.07. The standard InChI is InChI=1S/C8H7ClFNO2/c1-5-2-6(4-9)7(10)3-8(5)11(12)13/h2-3H,4H2,1H3. The van der Waals surface area contributed by atoms with Crippen molar-refractivity contribution in [2.75, 3.05) is 0 Å². The van der Waals surface area contributed by atoms with Gasteiger partial charge >= 0.3 is 0 Å². The summed E-state index contributed by atoms with van der Waals surface area (Å²) >= 11 is 5.43. The Hall–Kier alpha value is -1.16. The Balaban J connectivity index is 3.28. The molecule has 0 radical (unpaired) electrons. The molecule has 1 rings (SSSR count). The third kappa shape index (κ3) is 1.95. The van der Waals surface area contributed by atoms with Crippen LogP contribution in [0, 0.1) is 22.9 Å². The molecule has 0 aromatic heterocycles. The maximum atomic E-state index is 13.0. The molecule has 70 valence electrons. The lowest BCUT2D eigenvalue weighted by molar-refractivity contribution is -0.385. The second-order valence-electron chi connectivity index (χ2n) is 2.62. The highest BCUT2D eigenvalue weighted by Gasteiger charge is 2.14. The van der Waals surface area contributed by atoms with Crippen LogP contribution < -0.4 is 0 Å². The first-order chi connectivity index (χ1) is 6.06. The van der Waals surface area contributed by atoms with Crippen LogP contribution in [-0.4, -0.2) is 4.92 Å². The first kappa shape index (κ1) is 9.92. The summed E-state index contributed by atoms with van der Waals surface area (Å²) in [5.41, 5.74) is 0.484. The maximum absolute atomic E-state index is 13.0. The molecule has 0 aliphatic carbocycles. The molecule has 3 nitrogen and oxygen atoms in total. The second kappa shape index (κ2) is 3.70. The first-order valence-corrected chi connectivity index (χ1v) is 4.09. The Morgan fingerprint density at radius 1 is 1.62 bits per heavy atom. The summed E-state index contributed by atoms with van der Waals surface area (Å²) < 4.78 is 13.0. The molecule has 0 saturated heterocycles. The highest BCUT2D eigenvalue weighted by atomic mass is 35.5. The molecule has 0 N–H and O–H groups in total. The van der Waals surface area contributed by atoms with Gasteiger partial charge in [0.2, 0.25) is 0 Å². The van der Waals surface area contributed by atoms with Crippen LogP contribution in [0.4, 0.5) is 10.1 Å². The lowest BCUT2D eigenvalue weighted by Gasteiger charge is -2.01. The van der Waals surface area contributed by atoms with Crippen molar-refractivity contribution in [3.8, 4) is 0 Å². The van der Waals surface area contributed by atoms with E-state index in [-0.39, 0.29) is 17.1 Å². The first-order valence-electron chi connectivity index (χ1n) is 3.55. The van der Waals surface area contributed by atoms with Crippen molar-refractivity contribution in [2.24, 2.45) is 0 Å². The highest BCUT2D eigenvalue weighted by Crippen LogP contribution is 2.22. The lowest BCUT2D eigenvalue weighted by Crippen LogP contribution is -1.95. The Morgan fingerprint density at radius 2 is 2.23 bits per heavy atom. The quantitative estimate of drug-likeness (QED) is 0.421. The van der Waals surface area contributed by atoms with Gasteiger partial charge in [0.25, 0.3) is 5.69 Å². The summed E-state index contributed by atoms with van der Waals surface area (Å²) in [6, 6.07) is 2.29. The molecule has 0 aliphatic heterocycles. The van der Waals surface area contributed by atoms with Gasteiger partial charge in [0.05, 0.1) is 16.9 Å². The third-order valence-electron chi connectivity index (χ3n) is 1.71. The predicted molar refractivity (Wildman–Crippen MR) is 47.3 cm³/mol. The number of alkyl halides is 1. The van der Waals surface area contributed by atoms with Gasteiger partial charge in [-0.2, -0.15) is 0 Å². The van der Waals surface area contributed by atoms with E-state index >= 15 is 0 Å². The number of rotatable bonds is 2. The Morgan fingerprint density at radius 3 is 2.69 bits per heavy atom. The molecule has 1 aromatic carbocycles. The molecule has 5 heteroatoms. The van der Waals surface area contributed by atoms with Gasteiger partial charge in [-0.1, -0.05) is 0 Å². The minimum Gasteiger partial charge on any atom is -0.258 e. The summed E-state index contributed by atoms with van der Waals surface area (Å²) in [5, 5.41) is 10.4. The monoisotopic (exact) mass is 203 g/mol. The van der Waals surface area contributed by atoms with Gasteiger partial charge < -0.3 is 0 Å². The largest absolute Gasteiger partial charge is 0.275 e. The Bertz CT molecular complexity index is 354. The van der Waals surface area contributed by atoms with E-state index in [9.17, 15) is 14.5 Å². The molecule has 0 atom stereocenters. The number of halogens is 2. The molecule has 13 heavy (non-hydrogen) atoms. The third-order valence-corrected chi connectivity index (χ3v) is 1.99. The topological polar surface area (TPSA) is 43.1 Å². The Kier molecular flexibility index (Phi) is 2.83. The summed E-state index contributed by atoms with van der Waals surface area (Å²) in [4.78, 5) is 9.76. The SMILES string of the molecule is Cc1cc(CCl)c(F)cc1[N+](=O)[O-]. The van der Waals surface area contributed by atoms with Crippen molar-refractivity contribution in [3.63, 3.8) is 0 Å². The zero-order valence-corrected chi connectivity index (χ0v) is 7.64. The average molecular weight is 204 g/mol. The lowest BCUT2D eigenvalue weighted by atomic mass is 10.1. The fourth-order valence-corrected chi connectivity index (χ4v) is 1.23. The zero-order valence-electron chi connectivity index (χ0n) is 6.88. The summed E-state index contributed by atoms with van der Waals surface area (Å²) in [6.07, 6.45) is 0. The molecule has 0 aliphatic rings. The van der Waals surface area contributed by atoms with E-state index in [1.165, 1.54) is 6.07 Å². The second-order valence-corrected chi connectivity index (χ2v) is 2.89. The van der Waals surface area contributed by atoms with E-state index in [0.29, 0.717) is 5.56 Å². The van der Waals surface area contributed by atoms with Crippen LogP contribution in [0.25, 0.3) is 0 Å². The van der Waals surface area contributed by atoms with Crippen molar-refractivity contribution in [2.45, 2.75) is 12.8 Å². The number of nitrogens with zero attached hydrogens (tertiary/aromatic N) is 1. The predicted octanol–water partition coefficient (Wildman–Crippen LogP) is 2.78. The fraction of sp³-hybridized carbons (Fsp3) is 0.250. The van der Waals surface area contributed by atoms with Crippen LogP contribution in [0.2, 0.25) is 0 Å². The summed E-state index contributed by atoms with van der Waals surface area (Å²) in [6.45, 7) is 1.55. The van der Waals surface area contributed by atoms with Gasteiger partial charge in [-0.15, -0.1) is 11.6 Å². The van der Waals surface area contributed by atoms with Crippen LogP contribution in [0.15, 0.2) is 12.1 Å². The van der Waals surface area contributed by atoms with E-state index in [4.69, 9.17) is 11.6 Å². The minimum absolute atomic E-state index is 0.0185. The maximum Gasteiger partial charge on any atom is 0.275 e. The van der Waals surface area contributed by atoms with Gasteiger partial charge in [-0.05, 0) is 13.0 Å². The molecule has 0 bridgehead atoms. The van der Waals surface area contributed by atoms with Gasteiger partial charge in [0.15, 0.2) is 0 Å². The van der Waals surface area contributed by atoms with E-state index in [0.717, 1.165) is 6.07 Å². The molecule has 0 saturated carbocycles. The molecule has 0 fully saturated rings. The molecule has 1 aromatic rings. The number of aryl methyl sites for hydroxylation is 1. The summed E-state index contributed by atoms with van der Waals surface area (Å²) in [7, 11) is 0. The molecule has 0 amide bonds. The Labute approximate surface area is 79.3 Å². The van der Waals surface area contributed by atoms with Crippen LogP contribution in [0.1, 0.15) is 11.1 Å². The molecule has 0 unspecified atom stereocenters. The van der Waals surface area contributed by atoms with Gasteiger partial charge in [0, 0.05) is 11.1 Å². The van der Waals surface area contributed by atoms with Crippen molar-refractivity contribution in [1.29, 1.82) is 0 Å². The molecular weight excluding hydrogens is 197 g/mol. The van der Waals surface area contributed by atoms with Gasteiger partial charge in [-0.25, -0.2) is 4.39 Å². The van der Waals surface area contributed by atoms with Crippen LogP contribution in [0.5, 0.6) is 0 Å². The number of nitro groups is 1. The normalized spacial score (nSPS) is 10.1. The fourth-order valence-electron chi connectivity index (χ4n) is 1.03. The van der Waals surface area contributed by atoms with Crippen LogP contribution in [0.3, 0.4) is 0 Å². The molecule has 0 spiro atoms. The smallest absolute Gasteiger partial charge is 0.258 e. The minimum atomic E-state index is -0.632. The van der Waals surface area contributed by atoms with E-state index in [1.807, 2.05) is 0 Å².